The van der Waals surface area contributed by atoms with Crippen LogP contribution in [0.15, 0.2) is 45.6 Å². The van der Waals surface area contributed by atoms with Crippen LogP contribution in [-0.4, -0.2) is 20.9 Å². The van der Waals surface area contributed by atoms with Gasteiger partial charge in [-0.15, -0.1) is 0 Å². The second kappa shape index (κ2) is 6.61. The van der Waals surface area contributed by atoms with E-state index in [-0.39, 0.29) is 16.8 Å². The Balaban J connectivity index is 2.09. The number of fused-ring (bicyclic) bond motifs is 1. The van der Waals surface area contributed by atoms with E-state index in [1.54, 1.807) is 18.2 Å². The number of carbonyl (C=O) groups is 1. The van der Waals surface area contributed by atoms with Crippen LogP contribution >= 0.6 is 11.6 Å². The molecule has 4 aromatic rings. The minimum absolute atomic E-state index is 0.0119. The standard InChI is InChI=1S/C20H15ClN4O3/c1-9-5-11(6-17(21)23-9)12-7-13-15(26)8-14(19(22)27)24-20(13)25-18(12)16-4-3-10(2)28-16/h3-8H,1-2H3,(H2,22,27)(H,24,25,26). The molecule has 0 fully saturated rings. The Morgan fingerprint density at radius 1 is 1.14 bits per heavy atom. The third-order valence-electron chi connectivity index (χ3n) is 4.29. The van der Waals surface area contributed by atoms with Crippen molar-refractivity contribution in [2.24, 2.45) is 5.73 Å². The number of nitrogens with one attached hydrogen (secondary N) is 1. The first-order valence-electron chi connectivity index (χ1n) is 8.41. The fourth-order valence-electron chi connectivity index (χ4n) is 3.05. The number of nitrogens with zero attached hydrogens (tertiary/aromatic N) is 2. The van der Waals surface area contributed by atoms with Crippen LogP contribution in [0.2, 0.25) is 5.15 Å². The zero-order valence-electron chi connectivity index (χ0n) is 15.0. The molecule has 4 rings (SSSR count). The number of hydrogen-bond donors (Lipinski definition) is 2. The van der Waals surface area contributed by atoms with E-state index in [2.05, 4.69) is 15.0 Å². The molecule has 0 aromatic carbocycles. The first kappa shape index (κ1) is 17.9. The lowest BCUT2D eigenvalue weighted by Crippen LogP contribution is -2.17. The number of amides is 1. The summed E-state index contributed by atoms with van der Waals surface area (Å²) in [7, 11) is 0. The molecule has 0 aliphatic heterocycles. The summed E-state index contributed by atoms with van der Waals surface area (Å²) < 4.78 is 5.75. The second-order valence-electron chi connectivity index (χ2n) is 6.42. The lowest BCUT2D eigenvalue weighted by Gasteiger charge is -2.11. The van der Waals surface area contributed by atoms with Crippen molar-refractivity contribution in [1.29, 1.82) is 0 Å². The number of H-pyrrole nitrogens is 1. The van der Waals surface area contributed by atoms with Crippen molar-refractivity contribution in [2.45, 2.75) is 13.8 Å². The summed E-state index contributed by atoms with van der Waals surface area (Å²) in [5.41, 5.74) is 7.80. The molecule has 4 aromatic heterocycles. The van der Waals surface area contributed by atoms with Crippen molar-refractivity contribution in [1.82, 2.24) is 15.0 Å². The van der Waals surface area contributed by atoms with Crippen LogP contribution in [0.25, 0.3) is 33.6 Å². The maximum Gasteiger partial charge on any atom is 0.265 e. The van der Waals surface area contributed by atoms with Crippen molar-refractivity contribution in [3.63, 3.8) is 0 Å². The van der Waals surface area contributed by atoms with Gasteiger partial charge >= 0.3 is 0 Å². The molecular weight excluding hydrogens is 380 g/mol. The van der Waals surface area contributed by atoms with Gasteiger partial charge in [0.15, 0.2) is 11.2 Å². The van der Waals surface area contributed by atoms with Gasteiger partial charge in [0.1, 0.15) is 27.9 Å². The van der Waals surface area contributed by atoms with Crippen LogP contribution in [0.1, 0.15) is 21.9 Å². The Labute approximate surface area is 164 Å². The number of carbonyl (C=O) groups excluding carboxylic acids is 1. The van der Waals surface area contributed by atoms with E-state index in [4.69, 9.17) is 21.8 Å². The summed E-state index contributed by atoms with van der Waals surface area (Å²) in [4.78, 5) is 35.6. The van der Waals surface area contributed by atoms with Crippen LogP contribution in [0.5, 0.6) is 0 Å². The van der Waals surface area contributed by atoms with Crippen molar-refractivity contribution in [3.05, 3.63) is 68.9 Å². The molecule has 0 aliphatic carbocycles. The average molecular weight is 395 g/mol. The molecule has 28 heavy (non-hydrogen) atoms. The number of rotatable bonds is 3. The zero-order chi connectivity index (χ0) is 20.0. The first-order chi connectivity index (χ1) is 13.3. The monoisotopic (exact) mass is 394 g/mol. The number of halogens is 1. The Morgan fingerprint density at radius 3 is 2.57 bits per heavy atom. The predicted molar refractivity (Wildman–Crippen MR) is 106 cm³/mol. The maximum atomic E-state index is 12.5. The Morgan fingerprint density at radius 2 is 1.93 bits per heavy atom. The molecule has 0 saturated heterocycles. The smallest absolute Gasteiger partial charge is 0.265 e. The van der Waals surface area contributed by atoms with Crippen LogP contribution in [-0.2, 0) is 0 Å². The van der Waals surface area contributed by atoms with E-state index in [0.717, 1.165) is 17.3 Å². The molecule has 0 radical (unpaired) electrons. The number of pyridine rings is 3. The third kappa shape index (κ3) is 3.16. The van der Waals surface area contributed by atoms with Gasteiger partial charge in [-0.1, -0.05) is 11.6 Å². The van der Waals surface area contributed by atoms with Gasteiger partial charge in [-0.25, -0.2) is 9.97 Å². The van der Waals surface area contributed by atoms with Crippen LogP contribution < -0.4 is 11.2 Å². The van der Waals surface area contributed by atoms with Gasteiger partial charge in [-0.2, -0.15) is 0 Å². The number of aromatic amines is 1. The first-order valence-corrected chi connectivity index (χ1v) is 8.79. The van der Waals surface area contributed by atoms with Gasteiger partial charge in [-0.05, 0) is 49.7 Å². The van der Waals surface area contributed by atoms with E-state index in [1.165, 1.54) is 0 Å². The predicted octanol–water partition coefficient (Wildman–Crippen LogP) is 3.61. The van der Waals surface area contributed by atoms with Crippen molar-refractivity contribution < 1.29 is 9.21 Å². The third-order valence-corrected chi connectivity index (χ3v) is 4.48. The summed E-state index contributed by atoms with van der Waals surface area (Å²) in [6.07, 6.45) is 0. The highest BCUT2D eigenvalue weighted by Gasteiger charge is 2.18. The largest absolute Gasteiger partial charge is 0.460 e. The quantitative estimate of drug-likeness (QED) is 0.515. The molecule has 0 bridgehead atoms. The highest BCUT2D eigenvalue weighted by molar-refractivity contribution is 6.29. The molecule has 140 valence electrons. The van der Waals surface area contributed by atoms with Crippen LogP contribution in [0.3, 0.4) is 0 Å². The van der Waals surface area contributed by atoms with E-state index in [9.17, 15) is 9.59 Å². The molecule has 0 atom stereocenters. The van der Waals surface area contributed by atoms with Crippen molar-refractivity contribution >= 4 is 28.5 Å². The molecule has 0 aliphatic rings. The number of nitrogens with two attached hydrogens (primary N) is 1. The number of primary amides is 1. The minimum atomic E-state index is -0.739. The van der Waals surface area contributed by atoms with Crippen molar-refractivity contribution in [2.75, 3.05) is 0 Å². The Hall–Kier alpha value is -3.45. The summed E-state index contributed by atoms with van der Waals surface area (Å²) >= 11 is 6.13. The van der Waals surface area contributed by atoms with E-state index in [0.29, 0.717) is 33.3 Å². The molecule has 0 unspecified atom stereocenters. The van der Waals surface area contributed by atoms with Crippen LogP contribution in [0, 0.1) is 13.8 Å². The molecular formula is C20H15ClN4O3. The highest BCUT2D eigenvalue weighted by atomic mass is 35.5. The lowest BCUT2D eigenvalue weighted by atomic mass is 10.0. The minimum Gasteiger partial charge on any atom is -0.460 e. The molecule has 8 heteroatoms. The summed E-state index contributed by atoms with van der Waals surface area (Å²) in [5, 5.41) is 0.646. The summed E-state index contributed by atoms with van der Waals surface area (Å²) in [6.45, 7) is 3.65. The zero-order valence-corrected chi connectivity index (χ0v) is 15.8. The van der Waals surface area contributed by atoms with E-state index < -0.39 is 5.91 Å². The lowest BCUT2D eigenvalue weighted by molar-refractivity contribution is 0.0996. The molecule has 0 spiro atoms. The number of aryl methyl sites for hydroxylation is 2. The molecule has 7 nitrogen and oxygen atoms in total. The summed E-state index contributed by atoms with van der Waals surface area (Å²) in [6, 6.07) is 10.0. The average Bonchev–Trinajstić information content (AvgIpc) is 3.06. The van der Waals surface area contributed by atoms with Crippen molar-refractivity contribution in [3.8, 4) is 22.6 Å². The second-order valence-corrected chi connectivity index (χ2v) is 6.81. The Kier molecular flexibility index (Phi) is 4.24. The SMILES string of the molecule is Cc1cc(-c2cc3c(=O)cc(C(N)=O)[nH]c3nc2-c2ccc(C)o2)cc(Cl)n1. The highest BCUT2D eigenvalue weighted by Crippen LogP contribution is 2.34. The number of furan rings is 1. The summed E-state index contributed by atoms with van der Waals surface area (Å²) in [5.74, 6) is 0.494. The van der Waals surface area contributed by atoms with Crippen LogP contribution in [0.4, 0.5) is 0 Å². The number of hydrogen-bond acceptors (Lipinski definition) is 5. The normalized spacial score (nSPS) is 11.1. The fraction of sp³-hybridized carbons (Fsp3) is 0.100. The fourth-order valence-corrected chi connectivity index (χ4v) is 3.31. The van der Waals surface area contributed by atoms with Gasteiger partial charge < -0.3 is 15.1 Å². The topological polar surface area (TPSA) is 115 Å². The van der Waals surface area contributed by atoms with Gasteiger partial charge in [0.25, 0.3) is 5.91 Å². The van der Waals surface area contributed by atoms with Gasteiger partial charge in [-0.3, -0.25) is 9.59 Å². The van der Waals surface area contributed by atoms with E-state index in [1.807, 2.05) is 26.0 Å². The van der Waals surface area contributed by atoms with Gasteiger partial charge in [0.05, 0.1) is 5.39 Å². The molecule has 1 amide bonds. The van der Waals surface area contributed by atoms with Gasteiger partial charge in [0, 0.05) is 17.3 Å². The van der Waals surface area contributed by atoms with E-state index >= 15 is 0 Å². The number of aromatic nitrogens is 3. The maximum absolute atomic E-state index is 12.5. The molecule has 4 heterocycles. The van der Waals surface area contributed by atoms with Gasteiger partial charge in [0.2, 0.25) is 0 Å². The molecule has 3 N–H and O–H groups in total. The Bertz CT molecular complexity index is 1290. The molecule has 0 saturated carbocycles.